The molecule has 1 spiro atoms. The number of likely N-dealkylation sites (tertiary alicyclic amines) is 1. The van der Waals surface area contributed by atoms with Crippen molar-refractivity contribution in [3.05, 3.63) is 71.8 Å². The van der Waals surface area contributed by atoms with E-state index in [1.807, 2.05) is 25.5 Å². The average molecular weight is 602 g/mol. The van der Waals surface area contributed by atoms with E-state index in [0.29, 0.717) is 38.1 Å². The maximum atomic E-state index is 11.9. The zero-order valence-corrected chi connectivity index (χ0v) is 26.6. The fourth-order valence-electron chi connectivity index (χ4n) is 8.23. The molecule has 0 bridgehead atoms. The molecule has 0 radical (unpaired) electrons. The van der Waals surface area contributed by atoms with E-state index in [2.05, 4.69) is 58.9 Å². The van der Waals surface area contributed by atoms with Gasteiger partial charge in [-0.2, -0.15) is 0 Å². The number of esters is 1. The van der Waals surface area contributed by atoms with E-state index >= 15 is 0 Å². The molecule has 9 nitrogen and oxygen atoms in total. The number of aryl methyl sites for hydroxylation is 1. The number of nitrogens with one attached hydrogen (secondary N) is 2. The van der Waals surface area contributed by atoms with E-state index in [9.17, 15) is 4.79 Å². The molecule has 1 aliphatic carbocycles. The summed E-state index contributed by atoms with van der Waals surface area (Å²) in [5.74, 6) is 3.48. The summed E-state index contributed by atoms with van der Waals surface area (Å²) in [5.41, 5.74) is 3.21. The van der Waals surface area contributed by atoms with Crippen LogP contribution < -0.4 is 5.32 Å². The van der Waals surface area contributed by atoms with Crippen molar-refractivity contribution in [2.75, 3.05) is 32.8 Å². The van der Waals surface area contributed by atoms with Crippen LogP contribution in [0.25, 0.3) is 0 Å². The molecule has 1 saturated carbocycles. The van der Waals surface area contributed by atoms with Crippen molar-refractivity contribution in [2.24, 2.45) is 17.3 Å². The van der Waals surface area contributed by atoms with Gasteiger partial charge in [-0.3, -0.25) is 14.6 Å². The highest BCUT2D eigenvalue weighted by Gasteiger charge is 2.49. The first-order chi connectivity index (χ1) is 21.6. The molecule has 9 heteroatoms. The predicted molar refractivity (Wildman–Crippen MR) is 171 cm³/mol. The number of carbonyl (C=O) groups excluding carboxylic acids is 1. The van der Waals surface area contributed by atoms with Crippen molar-refractivity contribution in [3.8, 4) is 0 Å². The quantitative estimate of drug-likeness (QED) is 0.262. The summed E-state index contributed by atoms with van der Waals surface area (Å²) < 4.78 is 7.18. The first kappa shape index (κ1) is 31.0. The van der Waals surface area contributed by atoms with Crippen molar-refractivity contribution >= 4 is 5.97 Å². The zero-order chi connectivity index (χ0) is 30.2. The van der Waals surface area contributed by atoms with Gasteiger partial charge in [-0.05, 0) is 61.2 Å². The van der Waals surface area contributed by atoms with Crippen LogP contribution in [0, 0.1) is 17.3 Å². The standard InChI is InChI=1S/C35H51N7O2/c1-2-44-34(43)12-20-42-21-19-39-33(42)26-40(25-32-37-17-18-38-32)22-28-8-10-29(11-9-28)23-41-24-31(30-6-4-3-5-7-30)35(27-41)13-15-36-16-14-35/h8-11,17-19,21,30-31,36H,2-7,12-16,20,22-27H2,1H3,(H,37,38). The van der Waals surface area contributed by atoms with Gasteiger partial charge >= 0.3 is 5.97 Å². The Morgan fingerprint density at radius 3 is 2.57 bits per heavy atom. The minimum Gasteiger partial charge on any atom is -0.466 e. The number of hydrogen-bond donors (Lipinski definition) is 2. The van der Waals surface area contributed by atoms with Gasteiger partial charge < -0.3 is 19.6 Å². The van der Waals surface area contributed by atoms with Gasteiger partial charge in [-0.15, -0.1) is 0 Å². The van der Waals surface area contributed by atoms with E-state index in [0.717, 1.165) is 36.6 Å². The van der Waals surface area contributed by atoms with Gasteiger partial charge in [0.2, 0.25) is 0 Å². The van der Waals surface area contributed by atoms with Crippen LogP contribution >= 0.6 is 0 Å². The Morgan fingerprint density at radius 1 is 1.02 bits per heavy atom. The molecule has 2 aromatic heterocycles. The van der Waals surface area contributed by atoms with Crippen molar-refractivity contribution in [1.82, 2.24) is 34.6 Å². The number of ether oxygens (including phenoxy) is 1. The summed E-state index contributed by atoms with van der Waals surface area (Å²) in [4.78, 5) is 29.4. The molecule has 1 atom stereocenters. The minimum atomic E-state index is -0.177. The number of piperidine rings is 1. The summed E-state index contributed by atoms with van der Waals surface area (Å²) in [7, 11) is 0. The number of H-pyrrole nitrogens is 1. The Balaban J connectivity index is 1.09. The molecule has 3 aliphatic rings. The Hall–Kier alpha value is -3.01. The van der Waals surface area contributed by atoms with Crippen molar-refractivity contribution in [2.45, 2.75) is 91.0 Å². The Morgan fingerprint density at radius 2 is 1.82 bits per heavy atom. The van der Waals surface area contributed by atoms with Crippen LogP contribution in [0.1, 0.15) is 81.1 Å². The number of hydrogen-bond acceptors (Lipinski definition) is 7. The van der Waals surface area contributed by atoms with Crippen LogP contribution in [0.5, 0.6) is 0 Å². The van der Waals surface area contributed by atoms with E-state index in [-0.39, 0.29) is 5.97 Å². The highest BCUT2D eigenvalue weighted by molar-refractivity contribution is 5.69. The number of carbonyl (C=O) groups is 1. The van der Waals surface area contributed by atoms with Gasteiger partial charge in [-0.25, -0.2) is 9.97 Å². The third-order valence-corrected chi connectivity index (χ3v) is 10.4. The second kappa shape index (κ2) is 14.8. The summed E-state index contributed by atoms with van der Waals surface area (Å²) in [6, 6.07) is 9.27. The molecule has 2 saturated heterocycles. The molecule has 0 amide bonds. The number of imidazole rings is 2. The van der Waals surface area contributed by atoms with E-state index < -0.39 is 0 Å². The van der Waals surface area contributed by atoms with Crippen LogP contribution in [0.4, 0.5) is 0 Å². The van der Waals surface area contributed by atoms with Crippen LogP contribution in [-0.2, 0) is 42.3 Å². The van der Waals surface area contributed by atoms with Gasteiger partial charge in [0.15, 0.2) is 0 Å². The van der Waals surface area contributed by atoms with Crippen molar-refractivity contribution in [3.63, 3.8) is 0 Å². The molecule has 4 heterocycles. The predicted octanol–water partition coefficient (Wildman–Crippen LogP) is 5.14. The van der Waals surface area contributed by atoms with E-state index in [4.69, 9.17) is 4.74 Å². The summed E-state index contributed by atoms with van der Waals surface area (Å²) in [6.07, 6.45) is 17.6. The van der Waals surface area contributed by atoms with Gasteiger partial charge in [0.1, 0.15) is 11.6 Å². The first-order valence-electron chi connectivity index (χ1n) is 17.0. The number of nitrogens with zero attached hydrogens (tertiary/aromatic N) is 5. The smallest absolute Gasteiger partial charge is 0.307 e. The normalized spacial score (nSPS) is 20.9. The first-order valence-corrected chi connectivity index (χ1v) is 17.0. The van der Waals surface area contributed by atoms with E-state index in [1.165, 1.54) is 82.3 Å². The lowest BCUT2D eigenvalue weighted by Gasteiger charge is -2.43. The van der Waals surface area contributed by atoms with Gasteiger partial charge in [0.05, 0.1) is 26.1 Å². The fraction of sp³-hybridized carbons (Fsp3) is 0.629. The summed E-state index contributed by atoms with van der Waals surface area (Å²) in [6.45, 7) is 10.9. The van der Waals surface area contributed by atoms with Crippen LogP contribution in [0.2, 0.25) is 0 Å². The third-order valence-electron chi connectivity index (χ3n) is 10.4. The van der Waals surface area contributed by atoms with Crippen LogP contribution in [0.3, 0.4) is 0 Å². The topological polar surface area (TPSA) is 91.3 Å². The Bertz CT molecular complexity index is 1290. The van der Waals surface area contributed by atoms with Crippen molar-refractivity contribution in [1.29, 1.82) is 0 Å². The summed E-state index contributed by atoms with van der Waals surface area (Å²) >= 11 is 0. The maximum Gasteiger partial charge on any atom is 0.307 e. The van der Waals surface area contributed by atoms with Gasteiger partial charge in [0, 0.05) is 57.5 Å². The SMILES string of the molecule is CCOC(=O)CCn1ccnc1CN(Cc1ccc(CN2CC(C3CCCCC3)C3(CCNCC3)C2)cc1)Cc1ncc[nH]1. The average Bonchev–Trinajstić information content (AvgIpc) is 3.79. The highest BCUT2D eigenvalue weighted by Crippen LogP contribution is 2.50. The van der Waals surface area contributed by atoms with Crippen LogP contribution in [-0.4, -0.2) is 68.1 Å². The molecule has 2 aliphatic heterocycles. The van der Waals surface area contributed by atoms with E-state index in [1.54, 1.807) is 6.20 Å². The molecule has 1 unspecified atom stereocenters. The number of aromatic amines is 1. The molecule has 44 heavy (non-hydrogen) atoms. The number of benzene rings is 1. The van der Waals surface area contributed by atoms with Gasteiger partial charge in [-0.1, -0.05) is 56.4 Å². The fourth-order valence-corrected chi connectivity index (χ4v) is 8.23. The lowest BCUT2D eigenvalue weighted by atomic mass is 9.63. The molecule has 3 aromatic rings. The zero-order valence-electron chi connectivity index (χ0n) is 26.6. The molecule has 238 valence electrons. The molecular formula is C35H51N7O2. The molecule has 6 rings (SSSR count). The van der Waals surface area contributed by atoms with Crippen molar-refractivity contribution < 1.29 is 9.53 Å². The minimum absolute atomic E-state index is 0.177. The molecule has 1 aromatic carbocycles. The third kappa shape index (κ3) is 7.79. The van der Waals surface area contributed by atoms with Crippen LogP contribution in [0.15, 0.2) is 49.1 Å². The van der Waals surface area contributed by atoms with Gasteiger partial charge in [0.25, 0.3) is 0 Å². The monoisotopic (exact) mass is 601 g/mol. The molecule has 3 fully saturated rings. The Labute approximate surface area is 262 Å². The lowest BCUT2D eigenvalue weighted by molar-refractivity contribution is -0.143. The maximum absolute atomic E-state index is 11.9. The second-order valence-electron chi connectivity index (χ2n) is 13.4. The Kier molecular flexibility index (Phi) is 10.5. The number of aromatic nitrogens is 4. The lowest BCUT2D eigenvalue weighted by Crippen LogP contribution is -2.44. The largest absolute Gasteiger partial charge is 0.466 e. The summed E-state index contributed by atoms with van der Waals surface area (Å²) in [5, 5.41) is 3.64. The highest BCUT2D eigenvalue weighted by atomic mass is 16.5. The number of rotatable bonds is 13. The molecule has 2 N–H and O–H groups in total. The second-order valence-corrected chi connectivity index (χ2v) is 13.4. The molecular weight excluding hydrogens is 550 g/mol.